The highest BCUT2D eigenvalue weighted by Gasteiger charge is 2.17. The van der Waals surface area contributed by atoms with Gasteiger partial charge in [-0.2, -0.15) is 0 Å². The summed E-state index contributed by atoms with van der Waals surface area (Å²) in [5.41, 5.74) is 5.40. The number of fused-ring (bicyclic) bond motifs is 4. The molecule has 0 saturated carbocycles. The SMILES string of the molecule is Cc1ccc2nc3c4ccccc4n(CCCBr)c3c(Cl)c2c1. The van der Waals surface area contributed by atoms with Gasteiger partial charge in [0, 0.05) is 22.6 Å². The first-order valence-electron chi connectivity index (χ1n) is 7.73. The normalized spacial score (nSPS) is 11.8. The summed E-state index contributed by atoms with van der Waals surface area (Å²) in [4.78, 5) is 4.92. The molecule has 0 spiro atoms. The van der Waals surface area contributed by atoms with Crippen molar-refractivity contribution in [2.75, 3.05) is 5.33 Å². The van der Waals surface area contributed by atoms with Crippen molar-refractivity contribution in [3.63, 3.8) is 0 Å². The van der Waals surface area contributed by atoms with Crippen LogP contribution in [0.1, 0.15) is 12.0 Å². The van der Waals surface area contributed by atoms with Crippen LogP contribution in [0.2, 0.25) is 5.02 Å². The topological polar surface area (TPSA) is 17.8 Å². The third-order valence-corrected chi connectivity index (χ3v) is 5.23. The first-order chi connectivity index (χ1) is 11.2. The Bertz CT molecular complexity index is 1040. The lowest BCUT2D eigenvalue weighted by Gasteiger charge is -2.09. The van der Waals surface area contributed by atoms with Gasteiger partial charge in [-0.1, -0.05) is 57.4 Å². The molecule has 0 saturated heterocycles. The van der Waals surface area contributed by atoms with E-state index in [9.17, 15) is 0 Å². The summed E-state index contributed by atoms with van der Waals surface area (Å²) in [7, 11) is 0. The van der Waals surface area contributed by atoms with Crippen LogP contribution in [-0.4, -0.2) is 14.9 Å². The number of pyridine rings is 1. The summed E-state index contributed by atoms with van der Waals surface area (Å²) in [6.07, 6.45) is 1.05. The molecule has 0 aliphatic heterocycles. The van der Waals surface area contributed by atoms with Crippen LogP contribution in [0.25, 0.3) is 32.8 Å². The Balaban J connectivity index is 2.18. The van der Waals surface area contributed by atoms with Crippen molar-refractivity contribution in [3.8, 4) is 0 Å². The number of benzene rings is 2. The van der Waals surface area contributed by atoms with E-state index < -0.39 is 0 Å². The Morgan fingerprint density at radius 1 is 1.13 bits per heavy atom. The smallest absolute Gasteiger partial charge is 0.0982 e. The van der Waals surface area contributed by atoms with Gasteiger partial charge in [-0.05, 0) is 31.5 Å². The van der Waals surface area contributed by atoms with Crippen molar-refractivity contribution in [1.29, 1.82) is 0 Å². The molecule has 0 atom stereocenters. The van der Waals surface area contributed by atoms with E-state index in [1.807, 2.05) is 0 Å². The monoisotopic (exact) mass is 386 g/mol. The lowest BCUT2D eigenvalue weighted by molar-refractivity contribution is 0.732. The maximum absolute atomic E-state index is 6.83. The Hall–Kier alpha value is -1.58. The minimum absolute atomic E-state index is 0.805. The number of nitrogens with zero attached hydrogens (tertiary/aromatic N) is 2. The molecule has 0 bridgehead atoms. The Morgan fingerprint density at radius 2 is 1.96 bits per heavy atom. The lowest BCUT2D eigenvalue weighted by Crippen LogP contribution is -1.99. The lowest BCUT2D eigenvalue weighted by atomic mass is 10.1. The molecule has 0 aliphatic rings. The van der Waals surface area contributed by atoms with Gasteiger partial charge in [-0.25, -0.2) is 4.98 Å². The van der Waals surface area contributed by atoms with E-state index in [0.717, 1.165) is 45.3 Å². The molecule has 2 aromatic heterocycles. The molecule has 4 rings (SSSR count). The molecule has 0 amide bonds. The van der Waals surface area contributed by atoms with Crippen LogP contribution >= 0.6 is 27.5 Å². The van der Waals surface area contributed by atoms with E-state index in [2.05, 4.69) is 69.9 Å². The zero-order valence-electron chi connectivity index (χ0n) is 12.8. The number of aryl methyl sites for hydroxylation is 2. The van der Waals surface area contributed by atoms with Crippen LogP contribution in [-0.2, 0) is 6.54 Å². The van der Waals surface area contributed by atoms with Crippen molar-refractivity contribution < 1.29 is 0 Å². The molecule has 116 valence electrons. The fourth-order valence-corrected chi connectivity index (χ4v) is 3.84. The Kier molecular flexibility index (Phi) is 3.78. The first-order valence-corrected chi connectivity index (χ1v) is 9.23. The average molecular weight is 388 g/mol. The average Bonchev–Trinajstić information content (AvgIpc) is 2.88. The van der Waals surface area contributed by atoms with Crippen LogP contribution in [0.5, 0.6) is 0 Å². The number of para-hydroxylation sites is 1. The van der Waals surface area contributed by atoms with Crippen molar-refractivity contribution in [1.82, 2.24) is 9.55 Å². The summed E-state index contributed by atoms with van der Waals surface area (Å²) in [6.45, 7) is 3.01. The van der Waals surface area contributed by atoms with Gasteiger partial charge in [0.05, 0.1) is 27.1 Å². The van der Waals surface area contributed by atoms with Gasteiger partial charge in [0.1, 0.15) is 0 Å². The van der Waals surface area contributed by atoms with Gasteiger partial charge in [0.15, 0.2) is 0 Å². The van der Waals surface area contributed by atoms with Crippen molar-refractivity contribution >= 4 is 60.4 Å². The van der Waals surface area contributed by atoms with E-state index in [0.29, 0.717) is 0 Å². The van der Waals surface area contributed by atoms with Crippen LogP contribution in [0, 0.1) is 6.92 Å². The summed E-state index contributed by atoms with van der Waals surface area (Å²) in [5.74, 6) is 0. The molecular formula is C19H16BrClN2. The van der Waals surface area contributed by atoms with Crippen LogP contribution < -0.4 is 0 Å². The highest BCUT2D eigenvalue weighted by Crippen LogP contribution is 2.37. The second-order valence-electron chi connectivity index (χ2n) is 5.85. The van der Waals surface area contributed by atoms with Crippen LogP contribution in [0.4, 0.5) is 0 Å². The minimum Gasteiger partial charge on any atom is -0.338 e. The van der Waals surface area contributed by atoms with Crippen molar-refractivity contribution in [2.45, 2.75) is 19.9 Å². The number of hydrogen-bond acceptors (Lipinski definition) is 1. The highest BCUT2D eigenvalue weighted by atomic mass is 79.9. The molecule has 0 aliphatic carbocycles. The Morgan fingerprint density at radius 3 is 2.78 bits per heavy atom. The zero-order valence-corrected chi connectivity index (χ0v) is 15.2. The molecule has 4 aromatic rings. The van der Waals surface area contributed by atoms with Gasteiger partial charge >= 0.3 is 0 Å². The van der Waals surface area contributed by atoms with E-state index in [1.54, 1.807) is 0 Å². The predicted octanol–water partition coefficient (Wildman–Crippen LogP) is 6.09. The standard InChI is InChI=1S/C19H16BrClN2/c1-12-7-8-15-14(11-12)17(21)19-18(22-15)13-5-2-3-6-16(13)23(19)10-4-9-20/h2-3,5-8,11H,4,9-10H2,1H3. The van der Waals surface area contributed by atoms with Gasteiger partial charge in [0.25, 0.3) is 0 Å². The highest BCUT2D eigenvalue weighted by molar-refractivity contribution is 9.09. The quantitative estimate of drug-likeness (QED) is 0.389. The van der Waals surface area contributed by atoms with E-state index in [1.165, 1.54) is 16.5 Å². The number of aromatic nitrogens is 2. The van der Waals surface area contributed by atoms with E-state index >= 15 is 0 Å². The Labute approximate surface area is 148 Å². The number of halogens is 2. The molecule has 2 nitrogen and oxygen atoms in total. The number of rotatable bonds is 3. The molecule has 23 heavy (non-hydrogen) atoms. The summed E-state index contributed by atoms with van der Waals surface area (Å²) < 4.78 is 2.31. The van der Waals surface area contributed by atoms with Crippen molar-refractivity contribution in [2.24, 2.45) is 0 Å². The molecule has 0 radical (unpaired) electrons. The molecule has 0 fully saturated rings. The molecule has 0 N–H and O–H groups in total. The first kappa shape index (κ1) is 15.0. The maximum Gasteiger partial charge on any atom is 0.0982 e. The summed E-state index contributed by atoms with van der Waals surface area (Å²) in [6, 6.07) is 14.7. The summed E-state index contributed by atoms with van der Waals surface area (Å²) >= 11 is 10.4. The van der Waals surface area contributed by atoms with E-state index in [4.69, 9.17) is 16.6 Å². The number of hydrogen-bond donors (Lipinski definition) is 0. The third-order valence-electron chi connectivity index (χ3n) is 4.29. The second-order valence-corrected chi connectivity index (χ2v) is 7.03. The number of alkyl halides is 1. The van der Waals surface area contributed by atoms with Crippen molar-refractivity contribution in [3.05, 3.63) is 53.1 Å². The molecule has 2 aromatic carbocycles. The van der Waals surface area contributed by atoms with E-state index in [-0.39, 0.29) is 0 Å². The minimum atomic E-state index is 0.805. The predicted molar refractivity (Wildman–Crippen MR) is 103 cm³/mol. The van der Waals surface area contributed by atoms with Crippen LogP contribution in [0.15, 0.2) is 42.5 Å². The fourth-order valence-electron chi connectivity index (χ4n) is 3.24. The zero-order chi connectivity index (χ0) is 16.0. The molecule has 0 unspecified atom stereocenters. The van der Waals surface area contributed by atoms with Gasteiger partial charge in [-0.3, -0.25) is 0 Å². The molecule has 2 heterocycles. The second kappa shape index (κ2) is 5.81. The van der Waals surface area contributed by atoms with Gasteiger partial charge in [0.2, 0.25) is 0 Å². The maximum atomic E-state index is 6.83. The van der Waals surface area contributed by atoms with Gasteiger partial charge < -0.3 is 4.57 Å². The molecular weight excluding hydrogens is 372 g/mol. The van der Waals surface area contributed by atoms with Gasteiger partial charge in [-0.15, -0.1) is 0 Å². The molecule has 4 heteroatoms. The third kappa shape index (κ3) is 2.34. The fraction of sp³-hybridized carbons (Fsp3) is 0.211. The van der Waals surface area contributed by atoms with Crippen LogP contribution in [0.3, 0.4) is 0 Å². The summed E-state index contributed by atoms with van der Waals surface area (Å²) in [5, 5.41) is 3.97. The largest absolute Gasteiger partial charge is 0.338 e.